The zero-order valence-corrected chi connectivity index (χ0v) is 11.8. The fourth-order valence-electron chi connectivity index (χ4n) is 1.34. The van der Waals surface area contributed by atoms with Gasteiger partial charge < -0.3 is 9.64 Å². The molecule has 98 valence electrons. The van der Waals surface area contributed by atoms with Gasteiger partial charge in [-0.1, -0.05) is 23.2 Å². The molecule has 1 aromatic carbocycles. The average Bonchev–Trinajstić information content (AvgIpc) is 2.36. The second kappa shape index (κ2) is 8.26. The van der Waals surface area contributed by atoms with Crippen LogP contribution in [0.5, 0.6) is 5.75 Å². The summed E-state index contributed by atoms with van der Waals surface area (Å²) < 4.78 is 21.1. The standard InChI is InChI=1S/C14H17Cl2NO/c1-3-4-8-17(2)9-5-10-18-14-7-6-12(15)11-13(14)16/h1,6-7,11H,4-5,8-10H2,2H3/i2-1,8D2. The van der Waals surface area contributed by atoms with Crippen molar-refractivity contribution in [1.82, 2.24) is 4.90 Å². The van der Waals surface area contributed by atoms with Crippen molar-refractivity contribution in [3.8, 4) is 18.1 Å². The zero-order valence-electron chi connectivity index (χ0n) is 12.2. The van der Waals surface area contributed by atoms with Gasteiger partial charge in [-0.25, -0.2) is 0 Å². The highest BCUT2D eigenvalue weighted by Crippen LogP contribution is 2.27. The molecule has 0 aromatic heterocycles. The summed E-state index contributed by atoms with van der Waals surface area (Å²) in [6, 6.07) is 5.04. The van der Waals surface area contributed by atoms with Gasteiger partial charge in [-0.05, 0) is 31.7 Å². The van der Waals surface area contributed by atoms with Crippen LogP contribution in [-0.2, 0) is 0 Å². The minimum Gasteiger partial charge on any atom is -0.492 e. The zero-order chi connectivity index (χ0) is 15.2. The van der Waals surface area contributed by atoms with E-state index in [1.807, 2.05) is 0 Å². The predicted octanol–water partition coefficient (Wildman–Crippen LogP) is 3.72. The van der Waals surface area contributed by atoms with E-state index in [1.165, 1.54) is 0 Å². The van der Waals surface area contributed by atoms with E-state index in [4.69, 9.17) is 37.1 Å². The molecule has 0 saturated carbocycles. The minimum atomic E-state index is -1.49. The summed E-state index contributed by atoms with van der Waals surface area (Å²) in [5.41, 5.74) is 0. The van der Waals surface area contributed by atoms with Gasteiger partial charge in [-0.15, -0.1) is 12.3 Å². The lowest BCUT2D eigenvalue weighted by molar-refractivity contribution is 0.265. The van der Waals surface area contributed by atoms with E-state index in [0.717, 1.165) is 0 Å². The van der Waals surface area contributed by atoms with Crippen molar-refractivity contribution in [2.24, 2.45) is 0 Å². The number of rotatable bonds is 7. The third-order valence-electron chi connectivity index (χ3n) is 2.24. The molecule has 2 nitrogen and oxygen atoms in total. The molecule has 18 heavy (non-hydrogen) atoms. The second-order valence-corrected chi connectivity index (χ2v) is 4.58. The molecule has 0 aliphatic rings. The van der Waals surface area contributed by atoms with Gasteiger partial charge >= 0.3 is 0 Å². The Morgan fingerprint density at radius 2 is 2.28 bits per heavy atom. The van der Waals surface area contributed by atoms with Gasteiger partial charge in [0.1, 0.15) is 5.75 Å². The molecule has 0 saturated heterocycles. The van der Waals surface area contributed by atoms with Crippen LogP contribution in [0.1, 0.15) is 15.6 Å². The number of benzene rings is 1. The van der Waals surface area contributed by atoms with E-state index in [0.29, 0.717) is 35.4 Å². The smallest absolute Gasteiger partial charge is 0.137 e. The number of hydrogen-bond donors (Lipinski definition) is 0. The van der Waals surface area contributed by atoms with E-state index in [-0.39, 0.29) is 6.42 Å². The van der Waals surface area contributed by atoms with Gasteiger partial charge in [0.2, 0.25) is 0 Å². The summed E-state index contributed by atoms with van der Waals surface area (Å²) in [6.45, 7) is -0.510. The van der Waals surface area contributed by atoms with Crippen LogP contribution in [0.2, 0.25) is 10.0 Å². The van der Waals surface area contributed by atoms with Crippen LogP contribution in [0.25, 0.3) is 0 Å². The Morgan fingerprint density at radius 1 is 1.50 bits per heavy atom. The molecule has 0 aliphatic heterocycles. The van der Waals surface area contributed by atoms with Crippen LogP contribution in [-0.4, -0.2) is 31.6 Å². The van der Waals surface area contributed by atoms with Gasteiger partial charge in [0.25, 0.3) is 0 Å². The topological polar surface area (TPSA) is 12.5 Å². The van der Waals surface area contributed by atoms with Crippen molar-refractivity contribution in [3.05, 3.63) is 28.2 Å². The highest BCUT2D eigenvalue weighted by molar-refractivity contribution is 6.35. The number of nitrogens with zero attached hydrogens (tertiary/aromatic N) is 1. The lowest BCUT2D eigenvalue weighted by Gasteiger charge is -2.15. The minimum absolute atomic E-state index is 0.0629. The first-order chi connectivity index (χ1) is 9.36. The van der Waals surface area contributed by atoms with Crippen LogP contribution < -0.4 is 4.74 Å². The van der Waals surface area contributed by atoms with Crippen LogP contribution in [0, 0.1) is 12.3 Å². The van der Waals surface area contributed by atoms with Crippen molar-refractivity contribution in [1.29, 1.82) is 0 Å². The summed E-state index contributed by atoms with van der Waals surface area (Å²) in [7, 11) is 1.70. The molecule has 0 fully saturated rings. The van der Waals surface area contributed by atoms with Gasteiger partial charge in [-0.3, -0.25) is 0 Å². The number of terminal acetylenes is 1. The first-order valence-electron chi connectivity index (χ1n) is 6.59. The first-order valence-corrected chi connectivity index (χ1v) is 6.35. The van der Waals surface area contributed by atoms with E-state index >= 15 is 0 Å². The maximum Gasteiger partial charge on any atom is 0.137 e. The van der Waals surface area contributed by atoms with Crippen LogP contribution >= 0.6 is 23.2 Å². The Morgan fingerprint density at radius 3 is 2.94 bits per heavy atom. The summed E-state index contributed by atoms with van der Waals surface area (Å²) in [5.74, 6) is 2.91. The Balaban J connectivity index is 2.37. The second-order valence-electron chi connectivity index (χ2n) is 3.74. The van der Waals surface area contributed by atoms with Crippen molar-refractivity contribution in [2.45, 2.75) is 12.8 Å². The van der Waals surface area contributed by atoms with E-state index in [9.17, 15) is 0 Å². The Labute approximate surface area is 122 Å². The lowest BCUT2D eigenvalue weighted by Crippen LogP contribution is -2.22. The molecule has 0 unspecified atom stereocenters. The van der Waals surface area contributed by atoms with Crippen LogP contribution in [0.4, 0.5) is 0 Å². The Bertz CT molecular complexity index is 489. The Hall–Kier alpha value is -0.880. The normalized spacial score (nSPS) is 12.8. The molecule has 0 heterocycles. The predicted molar refractivity (Wildman–Crippen MR) is 77.5 cm³/mol. The van der Waals surface area contributed by atoms with Crippen molar-refractivity contribution < 1.29 is 7.48 Å². The van der Waals surface area contributed by atoms with E-state index in [1.54, 1.807) is 30.1 Å². The summed E-state index contributed by atoms with van der Waals surface area (Å²) in [4.78, 5) is 1.58. The largest absolute Gasteiger partial charge is 0.492 e. The third-order valence-corrected chi connectivity index (χ3v) is 2.77. The maximum absolute atomic E-state index is 7.76. The molecule has 0 amide bonds. The molecule has 0 N–H and O–H groups in total. The maximum atomic E-state index is 7.76. The van der Waals surface area contributed by atoms with Gasteiger partial charge in [0.05, 0.1) is 11.6 Å². The first kappa shape index (κ1) is 12.2. The molecule has 0 atom stereocenters. The molecule has 0 aliphatic carbocycles. The SMILES string of the molecule is [2H]C([2H])(CC#C)N([11CH3])CCCOc1ccc(Cl)cc1Cl. The average molecular weight is 287 g/mol. The van der Waals surface area contributed by atoms with Crippen molar-refractivity contribution in [3.63, 3.8) is 0 Å². The Kier molecular flexibility index (Phi) is 5.59. The summed E-state index contributed by atoms with van der Waals surface area (Å²) in [5, 5.41) is 1.03. The van der Waals surface area contributed by atoms with Gasteiger partial charge in [0, 0.05) is 27.2 Å². The van der Waals surface area contributed by atoms with Crippen molar-refractivity contribution in [2.75, 3.05) is 26.7 Å². The highest BCUT2D eigenvalue weighted by Gasteiger charge is 2.02. The molecule has 0 bridgehead atoms. The fourth-order valence-corrected chi connectivity index (χ4v) is 1.80. The summed E-state index contributed by atoms with van der Waals surface area (Å²) >= 11 is 11.8. The third kappa shape index (κ3) is 5.64. The molecule has 1 rings (SSSR count). The highest BCUT2D eigenvalue weighted by atomic mass is 35.5. The van der Waals surface area contributed by atoms with Gasteiger partial charge in [0.15, 0.2) is 0 Å². The molecular formula is C14H17Cl2NO. The van der Waals surface area contributed by atoms with E-state index < -0.39 is 6.50 Å². The van der Waals surface area contributed by atoms with Crippen LogP contribution in [0.15, 0.2) is 18.2 Å². The molecule has 0 spiro atoms. The quantitative estimate of drug-likeness (QED) is 0.560. The number of ether oxygens (including phenoxy) is 1. The molecular weight excluding hydrogens is 268 g/mol. The van der Waals surface area contributed by atoms with Crippen LogP contribution in [0.3, 0.4) is 0 Å². The molecule has 0 radical (unpaired) electrons. The monoisotopic (exact) mass is 286 g/mol. The molecule has 4 heteroatoms. The number of halogens is 2. The molecule has 1 aromatic rings. The fraction of sp³-hybridized carbons (Fsp3) is 0.429. The van der Waals surface area contributed by atoms with E-state index in [2.05, 4.69) is 5.92 Å². The summed E-state index contributed by atoms with van der Waals surface area (Å²) in [6.07, 6.45) is 5.87. The number of hydrogen-bond acceptors (Lipinski definition) is 2. The van der Waals surface area contributed by atoms with Gasteiger partial charge in [-0.2, -0.15) is 0 Å². The van der Waals surface area contributed by atoms with Crippen molar-refractivity contribution >= 4 is 23.2 Å². The lowest BCUT2D eigenvalue weighted by atomic mass is 10.3.